The molecule has 1 aromatic heterocycles. The van der Waals surface area contributed by atoms with E-state index in [1.54, 1.807) is 0 Å². The molecule has 0 N–H and O–H groups in total. The summed E-state index contributed by atoms with van der Waals surface area (Å²) >= 11 is 0. The Morgan fingerprint density at radius 1 is 1.11 bits per heavy atom. The zero-order valence-electron chi connectivity index (χ0n) is 16.2. The number of carbonyl (C=O) groups is 2. The van der Waals surface area contributed by atoms with E-state index in [2.05, 4.69) is 16.0 Å². The van der Waals surface area contributed by atoms with E-state index >= 15 is 0 Å². The average Bonchev–Trinajstić information content (AvgIpc) is 3.24. The van der Waals surface area contributed by atoms with Crippen LogP contribution in [0.5, 0.6) is 0 Å². The maximum Gasteiger partial charge on any atom is 0.227 e. The topological polar surface area (TPSA) is 53.5 Å². The molecular weight excluding hydrogens is 338 g/mol. The van der Waals surface area contributed by atoms with Crippen LogP contribution < -0.4 is 0 Å². The third-order valence-corrected chi connectivity index (χ3v) is 6.73. The molecule has 5 heteroatoms. The molecule has 27 heavy (non-hydrogen) atoms. The molecule has 0 aromatic carbocycles. The number of nitrogens with zero attached hydrogens (tertiary/aromatic N) is 3. The van der Waals surface area contributed by atoms with Crippen molar-refractivity contribution in [2.24, 2.45) is 11.8 Å². The molecule has 3 heterocycles. The summed E-state index contributed by atoms with van der Waals surface area (Å²) in [5.41, 5.74) is 1.29. The lowest BCUT2D eigenvalue weighted by molar-refractivity contribution is -0.145. The fourth-order valence-corrected chi connectivity index (χ4v) is 5.11. The highest BCUT2D eigenvalue weighted by atomic mass is 16.2. The van der Waals surface area contributed by atoms with E-state index in [4.69, 9.17) is 0 Å². The highest BCUT2D eigenvalue weighted by Gasteiger charge is 2.37. The Labute approximate surface area is 162 Å². The molecule has 1 atom stereocenters. The van der Waals surface area contributed by atoms with Gasteiger partial charge in [0.25, 0.3) is 0 Å². The number of aromatic nitrogens is 1. The summed E-state index contributed by atoms with van der Waals surface area (Å²) in [5, 5.41) is 0. The van der Waals surface area contributed by atoms with E-state index in [-0.39, 0.29) is 17.7 Å². The Morgan fingerprint density at radius 2 is 1.89 bits per heavy atom. The summed E-state index contributed by atoms with van der Waals surface area (Å²) < 4.78 is 0. The number of hydrogen-bond acceptors (Lipinski definition) is 3. The van der Waals surface area contributed by atoms with E-state index < -0.39 is 0 Å². The number of amides is 2. The molecule has 1 aliphatic carbocycles. The van der Waals surface area contributed by atoms with Crippen LogP contribution in [0.4, 0.5) is 0 Å². The van der Waals surface area contributed by atoms with Gasteiger partial charge < -0.3 is 9.80 Å². The number of carbonyl (C=O) groups excluding carboxylic acids is 2. The Bertz CT molecular complexity index is 649. The summed E-state index contributed by atoms with van der Waals surface area (Å²) in [6.07, 6.45) is 12.9. The van der Waals surface area contributed by atoms with Crippen molar-refractivity contribution in [3.05, 3.63) is 30.1 Å². The predicted molar refractivity (Wildman–Crippen MR) is 104 cm³/mol. The van der Waals surface area contributed by atoms with Crippen molar-refractivity contribution in [1.29, 1.82) is 0 Å². The van der Waals surface area contributed by atoms with Crippen LogP contribution in [0.25, 0.3) is 0 Å². The summed E-state index contributed by atoms with van der Waals surface area (Å²) in [7, 11) is 0. The first-order valence-corrected chi connectivity index (χ1v) is 10.7. The van der Waals surface area contributed by atoms with Crippen molar-refractivity contribution < 1.29 is 9.59 Å². The smallest absolute Gasteiger partial charge is 0.227 e. The SMILES string of the molecule is O=C([C@@H]1CCC(=O)N(C2CCCC2)C1)N1CCC(Cc2cccnc2)CC1. The zero-order chi connectivity index (χ0) is 18.6. The minimum atomic E-state index is 0.0122. The van der Waals surface area contributed by atoms with Crippen LogP contribution in [0.3, 0.4) is 0 Å². The number of likely N-dealkylation sites (tertiary alicyclic amines) is 2. The van der Waals surface area contributed by atoms with Gasteiger partial charge in [-0.2, -0.15) is 0 Å². The number of rotatable bonds is 4. The van der Waals surface area contributed by atoms with Gasteiger partial charge in [0.05, 0.1) is 5.92 Å². The molecule has 0 spiro atoms. The molecule has 0 unspecified atom stereocenters. The second kappa shape index (κ2) is 8.41. The Hall–Kier alpha value is -1.91. The van der Waals surface area contributed by atoms with E-state index in [1.165, 1.54) is 18.4 Å². The van der Waals surface area contributed by atoms with Gasteiger partial charge >= 0.3 is 0 Å². The van der Waals surface area contributed by atoms with E-state index in [1.807, 2.05) is 23.4 Å². The second-order valence-corrected chi connectivity index (χ2v) is 8.55. The average molecular weight is 370 g/mol. The molecule has 146 valence electrons. The van der Waals surface area contributed by atoms with Gasteiger partial charge in [0.15, 0.2) is 0 Å². The lowest BCUT2D eigenvalue weighted by Gasteiger charge is -2.39. The Kier molecular flexibility index (Phi) is 5.74. The minimum Gasteiger partial charge on any atom is -0.342 e. The number of pyridine rings is 1. The Morgan fingerprint density at radius 3 is 2.59 bits per heavy atom. The summed E-state index contributed by atoms with van der Waals surface area (Å²) in [6.45, 7) is 2.37. The zero-order valence-corrected chi connectivity index (χ0v) is 16.2. The fourth-order valence-electron chi connectivity index (χ4n) is 5.11. The monoisotopic (exact) mass is 369 g/mol. The molecular formula is C22H31N3O2. The molecule has 5 nitrogen and oxygen atoms in total. The van der Waals surface area contributed by atoms with E-state index in [0.29, 0.717) is 24.9 Å². The van der Waals surface area contributed by atoms with Gasteiger partial charge in [-0.05, 0) is 56.1 Å². The number of hydrogen-bond donors (Lipinski definition) is 0. The van der Waals surface area contributed by atoms with Crippen LogP contribution in [0.1, 0.15) is 56.9 Å². The van der Waals surface area contributed by atoms with Crippen molar-refractivity contribution in [1.82, 2.24) is 14.8 Å². The lowest BCUT2D eigenvalue weighted by Crippen LogP contribution is -2.51. The van der Waals surface area contributed by atoms with Gasteiger partial charge in [0.1, 0.15) is 0 Å². The van der Waals surface area contributed by atoms with Crippen molar-refractivity contribution in [3.63, 3.8) is 0 Å². The molecule has 3 fully saturated rings. The summed E-state index contributed by atoms with van der Waals surface area (Å²) in [6, 6.07) is 4.52. The molecule has 2 amide bonds. The van der Waals surface area contributed by atoms with Crippen molar-refractivity contribution >= 4 is 11.8 Å². The first-order valence-electron chi connectivity index (χ1n) is 10.7. The minimum absolute atomic E-state index is 0.0122. The fraction of sp³-hybridized carbons (Fsp3) is 0.682. The van der Waals surface area contributed by atoms with Gasteiger partial charge in [0, 0.05) is 44.5 Å². The van der Waals surface area contributed by atoms with E-state index in [0.717, 1.165) is 51.6 Å². The Balaban J connectivity index is 1.29. The lowest BCUT2D eigenvalue weighted by atomic mass is 9.89. The van der Waals surface area contributed by atoms with Crippen LogP contribution >= 0.6 is 0 Å². The van der Waals surface area contributed by atoms with Crippen molar-refractivity contribution in [3.8, 4) is 0 Å². The molecule has 0 bridgehead atoms. The molecule has 0 radical (unpaired) electrons. The third-order valence-electron chi connectivity index (χ3n) is 6.73. The standard InChI is InChI=1S/C22H31N3O2/c26-21-8-7-19(16-25(21)20-5-1-2-6-20)22(27)24-12-9-17(10-13-24)14-18-4-3-11-23-15-18/h3-4,11,15,17,19-20H,1-2,5-10,12-14,16H2/t19-/m1/s1. The molecule has 3 aliphatic rings. The highest BCUT2D eigenvalue weighted by Crippen LogP contribution is 2.30. The van der Waals surface area contributed by atoms with Crippen LogP contribution in [0.2, 0.25) is 0 Å². The van der Waals surface area contributed by atoms with Crippen molar-refractivity contribution in [2.45, 2.75) is 63.8 Å². The van der Waals surface area contributed by atoms with Gasteiger partial charge in [-0.3, -0.25) is 14.6 Å². The van der Waals surface area contributed by atoms with Gasteiger partial charge in [-0.1, -0.05) is 18.9 Å². The van der Waals surface area contributed by atoms with Crippen LogP contribution in [-0.2, 0) is 16.0 Å². The molecule has 4 rings (SSSR count). The number of piperidine rings is 2. The van der Waals surface area contributed by atoms with Crippen LogP contribution in [0.15, 0.2) is 24.5 Å². The first kappa shape index (κ1) is 18.5. The molecule has 1 aromatic rings. The van der Waals surface area contributed by atoms with Gasteiger partial charge in [-0.15, -0.1) is 0 Å². The molecule has 1 saturated carbocycles. The molecule has 2 aliphatic heterocycles. The third kappa shape index (κ3) is 4.33. The van der Waals surface area contributed by atoms with E-state index in [9.17, 15) is 9.59 Å². The quantitative estimate of drug-likeness (QED) is 0.820. The summed E-state index contributed by atoms with van der Waals surface area (Å²) in [4.78, 5) is 33.7. The predicted octanol–water partition coefficient (Wildman–Crippen LogP) is 3.04. The maximum atomic E-state index is 13.1. The second-order valence-electron chi connectivity index (χ2n) is 8.55. The first-order chi connectivity index (χ1) is 13.2. The normalized spacial score (nSPS) is 25.2. The maximum absolute atomic E-state index is 13.1. The van der Waals surface area contributed by atoms with Crippen LogP contribution in [0, 0.1) is 11.8 Å². The molecule has 2 saturated heterocycles. The largest absolute Gasteiger partial charge is 0.342 e. The van der Waals surface area contributed by atoms with Gasteiger partial charge in [0.2, 0.25) is 11.8 Å². The highest BCUT2D eigenvalue weighted by molar-refractivity contribution is 5.84. The van der Waals surface area contributed by atoms with Crippen LogP contribution in [-0.4, -0.2) is 52.3 Å². The van der Waals surface area contributed by atoms with Crippen molar-refractivity contribution in [2.75, 3.05) is 19.6 Å². The summed E-state index contributed by atoms with van der Waals surface area (Å²) in [5.74, 6) is 1.20. The van der Waals surface area contributed by atoms with Gasteiger partial charge in [-0.25, -0.2) is 0 Å².